The number of amides is 1. The minimum Gasteiger partial charge on any atom is -0.486 e. The minimum absolute atomic E-state index is 0.100. The second-order valence-corrected chi connectivity index (χ2v) is 6.59. The number of ether oxygens (including phenoxy) is 2. The number of nitrogens with one attached hydrogen (secondary N) is 1. The molecule has 2 aliphatic rings. The lowest BCUT2D eigenvalue weighted by Gasteiger charge is -2.32. The fourth-order valence-electron chi connectivity index (χ4n) is 3.21. The zero-order valence-electron chi connectivity index (χ0n) is 13.9. The molecule has 2 aromatic rings. The Balaban J connectivity index is 1.45. The van der Waals surface area contributed by atoms with Crippen molar-refractivity contribution in [2.45, 2.75) is 37.5 Å². The summed E-state index contributed by atoms with van der Waals surface area (Å²) in [6.45, 7) is 0.933. The molecule has 2 fully saturated rings. The first-order valence-electron chi connectivity index (χ1n) is 8.68. The van der Waals surface area contributed by atoms with E-state index in [1.807, 2.05) is 22.9 Å². The Hall–Kier alpha value is -2.34. The van der Waals surface area contributed by atoms with Crippen LogP contribution in [0.1, 0.15) is 35.8 Å². The van der Waals surface area contributed by atoms with Crippen LogP contribution in [-0.4, -0.2) is 35.8 Å². The van der Waals surface area contributed by atoms with Crippen LogP contribution in [0.4, 0.5) is 4.39 Å². The molecule has 25 heavy (non-hydrogen) atoms. The van der Waals surface area contributed by atoms with Gasteiger partial charge in [-0.2, -0.15) is 0 Å². The van der Waals surface area contributed by atoms with E-state index in [4.69, 9.17) is 9.47 Å². The van der Waals surface area contributed by atoms with Crippen LogP contribution in [0.5, 0.6) is 5.75 Å². The Bertz CT molecular complexity index is 757. The van der Waals surface area contributed by atoms with Crippen molar-refractivity contribution in [1.29, 1.82) is 0 Å². The SMILES string of the molecule is O=C(N[C@@H]1CCOC[C@H]1Oc1cccc(F)c1)c1cccn1C1CC1. The third kappa shape index (κ3) is 3.69. The highest BCUT2D eigenvalue weighted by atomic mass is 19.1. The molecule has 1 saturated heterocycles. The van der Waals surface area contributed by atoms with E-state index in [1.54, 1.807) is 12.1 Å². The first-order valence-corrected chi connectivity index (χ1v) is 8.68. The monoisotopic (exact) mass is 344 g/mol. The normalized spacial score (nSPS) is 23.2. The molecule has 1 aromatic carbocycles. The molecule has 0 unspecified atom stereocenters. The van der Waals surface area contributed by atoms with Gasteiger partial charge in [0.2, 0.25) is 0 Å². The van der Waals surface area contributed by atoms with Gasteiger partial charge in [0.1, 0.15) is 23.4 Å². The van der Waals surface area contributed by atoms with Crippen LogP contribution in [0.15, 0.2) is 42.6 Å². The number of aromatic nitrogens is 1. The average molecular weight is 344 g/mol. The van der Waals surface area contributed by atoms with E-state index < -0.39 is 0 Å². The zero-order valence-corrected chi connectivity index (χ0v) is 13.9. The van der Waals surface area contributed by atoms with Crippen molar-refractivity contribution in [1.82, 2.24) is 9.88 Å². The highest BCUT2D eigenvalue weighted by Gasteiger charge is 2.31. The Morgan fingerprint density at radius 3 is 2.92 bits per heavy atom. The molecule has 1 N–H and O–H groups in total. The maximum atomic E-state index is 13.4. The first-order chi connectivity index (χ1) is 12.2. The second-order valence-electron chi connectivity index (χ2n) is 6.59. The van der Waals surface area contributed by atoms with Gasteiger partial charge >= 0.3 is 0 Å². The van der Waals surface area contributed by atoms with E-state index in [-0.39, 0.29) is 23.9 Å². The summed E-state index contributed by atoms with van der Waals surface area (Å²) < 4.78 is 26.7. The van der Waals surface area contributed by atoms with Gasteiger partial charge in [-0.25, -0.2) is 4.39 Å². The van der Waals surface area contributed by atoms with Crippen molar-refractivity contribution < 1.29 is 18.7 Å². The molecule has 1 aliphatic carbocycles. The molecule has 0 radical (unpaired) electrons. The highest BCUT2D eigenvalue weighted by molar-refractivity contribution is 5.93. The Morgan fingerprint density at radius 2 is 2.12 bits per heavy atom. The van der Waals surface area contributed by atoms with Crippen molar-refractivity contribution in [3.05, 3.63) is 54.1 Å². The molecule has 4 rings (SSSR count). The molecular formula is C19H21FN2O3. The van der Waals surface area contributed by atoms with Gasteiger partial charge in [0, 0.05) is 24.9 Å². The van der Waals surface area contributed by atoms with Crippen LogP contribution in [0.3, 0.4) is 0 Å². The first kappa shape index (κ1) is 16.1. The largest absolute Gasteiger partial charge is 0.486 e. The standard InChI is InChI=1S/C19H21FN2O3/c20-13-3-1-4-15(11-13)25-18-12-24-10-8-16(18)21-19(23)17-5-2-9-22(17)14-6-7-14/h1-5,9,11,14,16,18H,6-8,10,12H2,(H,21,23)/t16-,18-/m1/s1. The Kier molecular flexibility index (Phi) is 4.44. The smallest absolute Gasteiger partial charge is 0.268 e. The second kappa shape index (κ2) is 6.88. The predicted octanol–water partition coefficient (Wildman–Crippen LogP) is 2.93. The Morgan fingerprint density at radius 1 is 1.24 bits per heavy atom. The maximum absolute atomic E-state index is 13.4. The van der Waals surface area contributed by atoms with Gasteiger partial charge in [0.15, 0.2) is 0 Å². The van der Waals surface area contributed by atoms with Crippen LogP contribution >= 0.6 is 0 Å². The van der Waals surface area contributed by atoms with Gasteiger partial charge < -0.3 is 19.4 Å². The van der Waals surface area contributed by atoms with Gasteiger partial charge in [0.05, 0.1) is 12.6 Å². The summed E-state index contributed by atoms with van der Waals surface area (Å²) in [4.78, 5) is 12.7. The molecule has 132 valence electrons. The van der Waals surface area contributed by atoms with Crippen molar-refractivity contribution in [2.75, 3.05) is 13.2 Å². The number of halogens is 1. The quantitative estimate of drug-likeness (QED) is 0.907. The zero-order chi connectivity index (χ0) is 17.2. The minimum atomic E-state index is -0.350. The average Bonchev–Trinajstić information content (AvgIpc) is 3.33. The van der Waals surface area contributed by atoms with E-state index in [9.17, 15) is 9.18 Å². The molecule has 2 atom stereocenters. The molecule has 1 aliphatic heterocycles. The van der Waals surface area contributed by atoms with Crippen LogP contribution in [0.2, 0.25) is 0 Å². The summed E-state index contributed by atoms with van der Waals surface area (Å²) in [5.41, 5.74) is 0.679. The summed E-state index contributed by atoms with van der Waals surface area (Å²) in [5, 5.41) is 3.07. The summed E-state index contributed by atoms with van der Waals surface area (Å²) in [5.74, 6) is -0.00943. The molecular weight excluding hydrogens is 323 g/mol. The third-order valence-electron chi connectivity index (χ3n) is 4.66. The molecule has 0 spiro atoms. The van der Waals surface area contributed by atoms with Gasteiger partial charge in [-0.05, 0) is 43.5 Å². The van der Waals surface area contributed by atoms with Gasteiger partial charge in [-0.15, -0.1) is 0 Å². The number of nitrogens with zero attached hydrogens (tertiary/aromatic N) is 1. The molecule has 1 amide bonds. The number of carbonyl (C=O) groups excluding carboxylic acids is 1. The summed E-state index contributed by atoms with van der Waals surface area (Å²) in [7, 11) is 0. The van der Waals surface area contributed by atoms with Crippen molar-refractivity contribution >= 4 is 5.91 Å². The number of benzene rings is 1. The maximum Gasteiger partial charge on any atom is 0.268 e. The van der Waals surface area contributed by atoms with E-state index >= 15 is 0 Å². The number of hydrogen-bond donors (Lipinski definition) is 1. The fourth-order valence-corrected chi connectivity index (χ4v) is 3.21. The molecule has 0 bridgehead atoms. The van der Waals surface area contributed by atoms with E-state index in [2.05, 4.69) is 5.32 Å². The van der Waals surface area contributed by atoms with Crippen molar-refractivity contribution in [3.63, 3.8) is 0 Å². The fraction of sp³-hybridized carbons (Fsp3) is 0.421. The van der Waals surface area contributed by atoms with E-state index in [1.165, 1.54) is 12.1 Å². The Labute approximate surface area is 145 Å². The molecule has 5 nitrogen and oxygen atoms in total. The highest BCUT2D eigenvalue weighted by Crippen LogP contribution is 2.36. The van der Waals surface area contributed by atoms with Crippen LogP contribution in [0.25, 0.3) is 0 Å². The van der Waals surface area contributed by atoms with E-state index in [0.717, 1.165) is 12.8 Å². The lowest BCUT2D eigenvalue weighted by molar-refractivity contribution is -0.0137. The summed E-state index contributed by atoms with van der Waals surface area (Å²) >= 11 is 0. The van der Waals surface area contributed by atoms with Crippen LogP contribution < -0.4 is 10.1 Å². The molecule has 6 heteroatoms. The lowest BCUT2D eigenvalue weighted by atomic mass is 10.1. The summed E-state index contributed by atoms with van der Waals surface area (Å²) in [6, 6.07) is 10.0. The number of carbonyl (C=O) groups is 1. The lowest BCUT2D eigenvalue weighted by Crippen LogP contribution is -2.51. The number of rotatable bonds is 5. The van der Waals surface area contributed by atoms with E-state index in [0.29, 0.717) is 37.1 Å². The van der Waals surface area contributed by atoms with Crippen molar-refractivity contribution in [2.24, 2.45) is 0 Å². The van der Waals surface area contributed by atoms with Gasteiger partial charge in [-0.1, -0.05) is 6.07 Å². The van der Waals surface area contributed by atoms with Crippen molar-refractivity contribution in [3.8, 4) is 5.75 Å². The molecule has 1 saturated carbocycles. The predicted molar refractivity (Wildman–Crippen MR) is 90.2 cm³/mol. The third-order valence-corrected chi connectivity index (χ3v) is 4.66. The topological polar surface area (TPSA) is 52.5 Å². The van der Waals surface area contributed by atoms with Crippen LogP contribution in [-0.2, 0) is 4.74 Å². The van der Waals surface area contributed by atoms with Crippen LogP contribution in [0, 0.1) is 5.82 Å². The van der Waals surface area contributed by atoms with Gasteiger partial charge in [-0.3, -0.25) is 4.79 Å². The molecule has 2 heterocycles. The molecule has 1 aromatic heterocycles. The van der Waals surface area contributed by atoms with Gasteiger partial charge in [0.25, 0.3) is 5.91 Å². The number of hydrogen-bond acceptors (Lipinski definition) is 3. The summed E-state index contributed by atoms with van der Waals surface area (Å²) in [6.07, 6.45) is 4.52.